The highest BCUT2D eigenvalue weighted by Crippen LogP contribution is 2.13. The van der Waals surface area contributed by atoms with Crippen LogP contribution >= 0.6 is 11.3 Å². The van der Waals surface area contributed by atoms with Crippen LogP contribution < -0.4 is 5.32 Å². The van der Waals surface area contributed by atoms with Crippen LogP contribution in [0.15, 0.2) is 17.5 Å². The molecule has 0 spiro atoms. The standard InChI is InChI=1S/C14H23N3OS/c1-2-15-11-14(18)17-7-4-6-16(8-9-17)12-13-5-3-10-19-13/h3,5,10,15H,2,4,6-9,11-12H2,1H3. The second-order valence-corrected chi connectivity index (χ2v) is 5.90. The Morgan fingerprint density at radius 2 is 2.26 bits per heavy atom. The Balaban J connectivity index is 1.79. The summed E-state index contributed by atoms with van der Waals surface area (Å²) in [6, 6.07) is 4.29. The monoisotopic (exact) mass is 281 g/mol. The van der Waals surface area contributed by atoms with Crippen molar-refractivity contribution < 1.29 is 4.79 Å². The summed E-state index contributed by atoms with van der Waals surface area (Å²) < 4.78 is 0. The summed E-state index contributed by atoms with van der Waals surface area (Å²) in [7, 11) is 0. The van der Waals surface area contributed by atoms with Gasteiger partial charge in [0.1, 0.15) is 0 Å². The van der Waals surface area contributed by atoms with Crippen LogP contribution in [0, 0.1) is 0 Å². The summed E-state index contributed by atoms with van der Waals surface area (Å²) in [5.74, 6) is 0.236. The highest BCUT2D eigenvalue weighted by atomic mass is 32.1. The minimum atomic E-state index is 0.236. The largest absolute Gasteiger partial charge is 0.340 e. The number of hydrogen-bond acceptors (Lipinski definition) is 4. The average molecular weight is 281 g/mol. The molecule has 2 rings (SSSR count). The van der Waals surface area contributed by atoms with Crippen LogP contribution in [-0.2, 0) is 11.3 Å². The van der Waals surface area contributed by atoms with Gasteiger partial charge in [-0.2, -0.15) is 0 Å². The van der Waals surface area contributed by atoms with Crippen molar-refractivity contribution >= 4 is 17.2 Å². The van der Waals surface area contributed by atoms with Crippen LogP contribution in [0.25, 0.3) is 0 Å². The van der Waals surface area contributed by atoms with Crippen molar-refractivity contribution in [3.05, 3.63) is 22.4 Å². The van der Waals surface area contributed by atoms with Crippen LogP contribution in [0.5, 0.6) is 0 Å². The summed E-state index contributed by atoms with van der Waals surface area (Å²) >= 11 is 1.81. The smallest absolute Gasteiger partial charge is 0.236 e. The van der Waals surface area contributed by atoms with Crippen molar-refractivity contribution in [3.63, 3.8) is 0 Å². The Morgan fingerprint density at radius 1 is 1.37 bits per heavy atom. The summed E-state index contributed by atoms with van der Waals surface area (Å²) in [4.78, 5) is 17.8. The third-order valence-corrected chi connectivity index (χ3v) is 4.29. The lowest BCUT2D eigenvalue weighted by Gasteiger charge is -2.21. The van der Waals surface area contributed by atoms with Gasteiger partial charge in [-0.1, -0.05) is 13.0 Å². The lowest BCUT2D eigenvalue weighted by molar-refractivity contribution is -0.130. The van der Waals surface area contributed by atoms with E-state index >= 15 is 0 Å². The highest BCUT2D eigenvalue weighted by molar-refractivity contribution is 7.09. The maximum Gasteiger partial charge on any atom is 0.236 e. The molecule has 106 valence electrons. The maximum absolute atomic E-state index is 12.0. The van der Waals surface area contributed by atoms with Crippen molar-refractivity contribution in [2.24, 2.45) is 0 Å². The summed E-state index contributed by atoms with van der Waals surface area (Å²) in [5, 5.41) is 5.23. The Labute approximate surface area is 119 Å². The number of amides is 1. The predicted molar refractivity (Wildman–Crippen MR) is 79.3 cm³/mol. The van der Waals surface area contributed by atoms with Gasteiger partial charge in [-0.15, -0.1) is 11.3 Å². The van der Waals surface area contributed by atoms with Gasteiger partial charge < -0.3 is 10.2 Å². The maximum atomic E-state index is 12.0. The molecule has 1 N–H and O–H groups in total. The van der Waals surface area contributed by atoms with Gasteiger partial charge in [-0.3, -0.25) is 9.69 Å². The molecular formula is C14H23N3OS. The molecule has 0 bridgehead atoms. The second-order valence-electron chi connectivity index (χ2n) is 4.87. The topological polar surface area (TPSA) is 35.6 Å². The average Bonchev–Trinajstić information content (AvgIpc) is 2.81. The molecule has 4 nitrogen and oxygen atoms in total. The second kappa shape index (κ2) is 7.62. The van der Waals surface area contributed by atoms with Gasteiger partial charge in [0.05, 0.1) is 6.54 Å². The van der Waals surface area contributed by atoms with E-state index in [0.717, 1.165) is 45.7 Å². The van der Waals surface area contributed by atoms with Gasteiger partial charge in [0.2, 0.25) is 5.91 Å². The fraction of sp³-hybridized carbons (Fsp3) is 0.643. The van der Waals surface area contributed by atoms with Crippen molar-refractivity contribution in [2.75, 3.05) is 39.3 Å². The van der Waals surface area contributed by atoms with Crippen molar-refractivity contribution in [1.82, 2.24) is 15.1 Å². The Hall–Kier alpha value is -0.910. The van der Waals surface area contributed by atoms with Gasteiger partial charge in [-0.05, 0) is 24.4 Å². The fourth-order valence-corrected chi connectivity index (χ4v) is 3.09. The third-order valence-electron chi connectivity index (χ3n) is 3.43. The normalized spacial score (nSPS) is 17.4. The Morgan fingerprint density at radius 3 is 3.00 bits per heavy atom. The van der Waals surface area contributed by atoms with Crippen LogP contribution in [0.4, 0.5) is 0 Å². The molecule has 1 aliphatic rings. The molecule has 5 heteroatoms. The molecule has 1 amide bonds. The number of carbonyl (C=O) groups excluding carboxylic acids is 1. The lowest BCUT2D eigenvalue weighted by atomic mass is 10.3. The quantitative estimate of drug-likeness (QED) is 0.886. The van der Waals surface area contributed by atoms with Crippen LogP contribution in [0.3, 0.4) is 0 Å². The molecule has 2 heterocycles. The highest BCUT2D eigenvalue weighted by Gasteiger charge is 2.18. The van der Waals surface area contributed by atoms with E-state index in [-0.39, 0.29) is 5.91 Å². The van der Waals surface area contributed by atoms with Crippen molar-refractivity contribution in [2.45, 2.75) is 19.9 Å². The predicted octanol–water partition coefficient (Wildman–Crippen LogP) is 1.39. The van der Waals surface area contributed by atoms with E-state index in [0.29, 0.717) is 6.54 Å². The van der Waals surface area contributed by atoms with Crippen LogP contribution in [-0.4, -0.2) is 55.0 Å². The van der Waals surface area contributed by atoms with E-state index in [1.165, 1.54) is 4.88 Å². The molecule has 1 saturated heterocycles. The molecule has 0 aliphatic carbocycles. The zero-order chi connectivity index (χ0) is 13.5. The fourth-order valence-electron chi connectivity index (χ4n) is 2.35. The summed E-state index contributed by atoms with van der Waals surface area (Å²) in [6.07, 6.45) is 1.07. The van der Waals surface area contributed by atoms with E-state index in [9.17, 15) is 4.79 Å². The Kier molecular flexibility index (Phi) is 5.82. The first-order valence-corrected chi connectivity index (χ1v) is 7.91. The van der Waals surface area contributed by atoms with E-state index in [2.05, 4.69) is 27.7 Å². The van der Waals surface area contributed by atoms with Gasteiger partial charge >= 0.3 is 0 Å². The van der Waals surface area contributed by atoms with Gasteiger partial charge in [0.25, 0.3) is 0 Å². The first-order valence-electron chi connectivity index (χ1n) is 7.03. The number of thiophene rings is 1. The van der Waals surface area contributed by atoms with E-state index in [1.807, 2.05) is 23.2 Å². The molecule has 19 heavy (non-hydrogen) atoms. The molecule has 1 aromatic rings. The van der Waals surface area contributed by atoms with Crippen molar-refractivity contribution in [3.8, 4) is 0 Å². The van der Waals surface area contributed by atoms with Gasteiger partial charge in [0, 0.05) is 37.6 Å². The zero-order valence-corrected chi connectivity index (χ0v) is 12.4. The lowest BCUT2D eigenvalue weighted by Crippen LogP contribution is -2.40. The Bertz CT molecular complexity index is 380. The molecule has 0 aromatic carbocycles. The first kappa shape index (κ1) is 14.5. The minimum Gasteiger partial charge on any atom is -0.340 e. The molecule has 0 unspecified atom stereocenters. The number of hydrogen-bond donors (Lipinski definition) is 1. The zero-order valence-electron chi connectivity index (χ0n) is 11.6. The molecule has 1 aromatic heterocycles. The van der Waals surface area contributed by atoms with Gasteiger partial charge in [0.15, 0.2) is 0 Å². The molecular weight excluding hydrogens is 258 g/mol. The molecule has 0 saturated carbocycles. The van der Waals surface area contributed by atoms with E-state index < -0.39 is 0 Å². The third kappa shape index (κ3) is 4.60. The number of nitrogens with zero attached hydrogens (tertiary/aromatic N) is 2. The SMILES string of the molecule is CCNCC(=O)N1CCCN(Cc2cccs2)CC1. The summed E-state index contributed by atoms with van der Waals surface area (Å²) in [6.45, 7) is 8.19. The molecule has 1 aliphatic heterocycles. The van der Waals surface area contributed by atoms with E-state index in [4.69, 9.17) is 0 Å². The number of likely N-dealkylation sites (N-methyl/N-ethyl adjacent to an activating group) is 1. The minimum absolute atomic E-state index is 0.236. The van der Waals surface area contributed by atoms with Gasteiger partial charge in [-0.25, -0.2) is 0 Å². The number of carbonyl (C=O) groups is 1. The first-order chi connectivity index (χ1) is 9.29. The van der Waals surface area contributed by atoms with Crippen LogP contribution in [0.1, 0.15) is 18.2 Å². The van der Waals surface area contributed by atoms with E-state index in [1.54, 1.807) is 0 Å². The van der Waals surface area contributed by atoms with Crippen LogP contribution in [0.2, 0.25) is 0 Å². The van der Waals surface area contributed by atoms with Crippen molar-refractivity contribution in [1.29, 1.82) is 0 Å². The summed E-state index contributed by atoms with van der Waals surface area (Å²) in [5.41, 5.74) is 0. The molecule has 1 fully saturated rings. The molecule has 0 atom stereocenters. The number of rotatable bonds is 5. The number of nitrogens with one attached hydrogen (secondary N) is 1. The molecule has 0 radical (unpaired) electrons.